The van der Waals surface area contributed by atoms with Gasteiger partial charge in [-0.15, -0.1) is 0 Å². The number of amides is 1. The third-order valence-corrected chi connectivity index (χ3v) is 3.14. The lowest BCUT2D eigenvalue weighted by Crippen LogP contribution is -2.22. The zero-order valence-electron chi connectivity index (χ0n) is 11.2. The zero-order chi connectivity index (χ0) is 13.9. The van der Waals surface area contributed by atoms with Gasteiger partial charge < -0.3 is 9.72 Å². The topological polar surface area (TPSA) is 46.4 Å². The minimum Gasteiger partial charge on any atom is -0.348 e. The number of aryl methyl sites for hydroxylation is 1. The molecule has 0 fully saturated rings. The summed E-state index contributed by atoms with van der Waals surface area (Å²) in [5, 5.41) is 2.91. The molecule has 3 rings (SSSR count). The van der Waals surface area contributed by atoms with Crippen LogP contribution >= 0.6 is 0 Å². The van der Waals surface area contributed by atoms with Crippen LogP contribution in [0.2, 0.25) is 0 Å². The number of nitrogens with zero attached hydrogens (tertiary/aromatic N) is 2. The molecule has 0 spiro atoms. The van der Waals surface area contributed by atoms with Gasteiger partial charge in [-0.3, -0.25) is 4.79 Å². The van der Waals surface area contributed by atoms with Crippen LogP contribution in [0.25, 0.3) is 5.65 Å². The first-order valence-electron chi connectivity index (χ1n) is 6.50. The number of hydrogen-bond acceptors (Lipinski definition) is 2. The molecule has 100 valence electrons. The summed E-state index contributed by atoms with van der Waals surface area (Å²) in [5.41, 5.74) is 3.43. The quantitative estimate of drug-likeness (QED) is 0.791. The molecule has 0 saturated heterocycles. The lowest BCUT2D eigenvalue weighted by Gasteiger charge is -2.05. The molecule has 2 heterocycles. The van der Waals surface area contributed by atoms with E-state index in [-0.39, 0.29) is 5.91 Å². The van der Waals surface area contributed by atoms with E-state index in [4.69, 9.17) is 0 Å². The molecule has 4 nitrogen and oxygen atoms in total. The molecule has 0 radical (unpaired) electrons. The smallest absolute Gasteiger partial charge is 0.251 e. The third kappa shape index (κ3) is 2.54. The highest BCUT2D eigenvalue weighted by atomic mass is 16.1. The van der Waals surface area contributed by atoms with Crippen molar-refractivity contribution in [2.45, 2.75) is 13.5 Å². The molecule has 1 aromatic carbocycles. The Kier molecular flexibility index (Phi) is 3.21. The summed E-state index contributed by atoms with van der Waals surface area (Å²) in [7, 11) is 0. The van der Waals surface area contributed by atoms with E-state index in [9.17, 15) is 4.79 Å². The minimum atomic E-state index is -0.0861. The highest BCUT2D eigenvalue weighted by Crippen LogP contribution is 2.08. The number of carbonyl (C=O) groups is 1. The second-order valence-corrected chi connectivity index (χ2v) is 4.73. The van der Waals surface area contributed by atoms with Crippen molar-refractivity contribution < 1.29 is 4.79 Å². The van der Waals surface area contributed by atoms with Gasteiger partial charge in [0.05, 0.1) is 5.69 Å². The summed E-state index contributed by atoms with van der Waals surface area (Å²) in [4.78, 5) is 16.5. The predicted molar refractivity (Wildman–Crippen MR) is 77.5 cm³/mol. The van der Waals surface area contributed by atoms with E-state index >= 15 is 0 Å². The molecule has 0 bridgehead atoms. The molecule has 20 heavy (non-hydrogen) atoms. The molecule has 0 aliphatic rings. The molecule has 0 aliphatic carbocycles. The average Bonchev–Trinajstić information content (AvgIpc) is 2.85. The van der Waals surface area contributed by atoms with Crippen LogP contribution in [0.15, 0.2) is 54.9 Å². The van der Waals surface area contributed by atoms with E-state index in [0.717, 1.165) is 16.9 Å². The van der Waals surface area contributed by atoms with Crippen molar-refractivity contribution in [2.24, 2.45) is 0 Å². The number of rotatable bonds is 3. The van der Waals surface area contributed by atoms with Crippen molar-refractivity contribution in [3.63, 3.8) is 0 Å². The molecule has 0 aliphatic heterocycles. The van der Waals surface area contributed by atoms with Crippen LogP contribution in [0.5, 0.6) is 0 Å². The molecule has 3 aromatic rings. The van der Waals surface area contributed by atoms with E-state index in [2.05, 4.69) is 10.3 Å². The summed E-state index contributed by atoms with van der Waals surface area (Å²) in [6.07, 6.45) is 3.79. The van der Waals surface area contributed by atoms with Crippen molar-refractivity contribution in [1.82, 2.24) is 14.7 Å². The van der Waals surface area contributed by atoms with Gasteiger partial charge in [0.2, 0.25) is 0 Å². The molecular formula is C16H15N3O. The van der Waals surface area contributed by atoms with Gasteiger partial charge in [0.25, 0.3) is 5.91 Å². The van der Waals surface area contributed by atoms with Gasteiger partial charge in [0.15, 0.2) is 0 Å². The van der Waals surface area contributed by atoms with Crippen LogP contribution in [0.4, 0.5) is 0 Å². The fourth-order valence-corrected chi connectivity index (χ4v) is 2.13. The Balaban J connectivity index is 1.75. The number of benzene rings is 1. The molecule has 4 heteroatoms. The predicted octanol–water partition coefficient (Wildman–Crippen LogP) is 2.57. The van der Waals surface area contributed by atoms with E-state index in [1.807, 2.05) is 54.0 Å². The number of fused-ring (bicyclic) bond motifs is 1. The summed E-state index contributed by atoms with van der Waals surface area (Å²) >= 11 is 0. The van der Waals surface area contributed by atoms with Crippen molar-refractivity contribution in [3.05, 3.63) is 71.7 Å². The van der Waals surface area contributed by atoms with E-state index in [1.165, 1.54) is 0 Å². The summed E-state index contributed by atoms with van der Waals surface area (Å²) < 4.78 is 1.91. The fraction of sp³-hybridized carbons (Fsp3) is 0.125. The molecule has 1 amide bonds. The molecule has 0 unspecified atom stereocenters. The molecule has 2 aromatic heterocycles. The highest BCUT2D eigenvalue weighted by molar-refractivity contribution is 5.94. The maximum atomic E-state index is 12.1. The number of nitrogens with one attached hydrogen (secondary N) is 1. The van der Waals surface area contributed by atoms with Crippen LogP contribution in [0.1, 0.15) is 21.6 Å². The number of imidazole rings is 1. The molecule has 1 N–H and O–H groups in total. The number of hydrogen-bond donors (Lipinski definition) is 1. The Hall–Kier alpha value is -2.62. The Bertz CT molecular complexity index is 747. The first-order valence-corrected chi connectivity index (χ1v) is 6.50. The van der Waals surface area contributed by atoms with Crippen LogP contribution in [0, 0.1) is 6.92 Å². The maximum Gasteiger partial charge on any atom is 0.251 e. The normalized spacial score (nSPS) is 10.7. The van der Waals surface area contributed by atoms with Gasteiger partial charge in [-0.2, -0.15) is 0 Å². The lowest BCUT2D eigenvalue weighted by atomic mass is 10.2. The largest absolute Gasteiger partial charge is 0.348 e. The molecule has 0 atom stereocenters. The number of carbonyl (C=O) groups excluding carboxylic acids is 1. The van der Waals surface area contributed by atoms with Crippen molar-refractivity contribution in [3.8, 4) is 0 Å². The van der Waals surface area contributed by atoms with Gasteiger partial charge in [-0.05, 0) is 24.6 Å². The molecule has 0 saturated carbocycles. The Labute approximate surface area is 117 Å². The summed E-state index contributed by atoms with van der Waals surface area (Å²) in [5.74, 6) is -0.0861. The van der Waals surface area contributed by atoms with Crippen molar-refractivity contribution in [1.29, 1.82) is 0 Å². The first-order chi connectivity index (χ1) is 9.72. The summed E-state index contributed by atoms with van der Waals surface area (Å²) in [6.45, 7) is 2.46. The van der Waals surface area contributed by atoms with Gasteiger partial charge in [-0.25, -0.2) is 4.98 Å². The maximum absolute atomic E-state index is 12.1. The van der Waals surface area contributed by atoms with Crippen molar-refractivity contribution in [2.75, 3.05) is 0 Å². The van der Waals surface area contributed by atoms with Gasteiger partial charge in [0, 0.05) is 24.5 Å². The highest BCUT2D eigenvalue weighted by Gasteiger charge is 2.07. The van der Waals surface area contributed by atoms with E-state index in [0.29, 0.717) is 12.1 Å². The standard InChI is InChI=1S/C16H15N3O/c1-12-11-19-8-7-14(9-15(19)18-12)16(20)17-10-13-5-3-2-4-6-13/h2-9,11H,10H2,1H3,(H,17,20). The fourth-order valence-electron chi connectivity index (χ4n) is 2.13. The number of aromatic nitrogens is 2. The Morgan fingerprint density at radius 2 is 2.05 bits per heavy atom. The van der Waals surface area contributed by atoms with Gasteiger partial charge >= 0.3 is 0 Å². The van der Waals surface area contributed by atoms with Gasteiger partial charge in [0.1, 0.15) is 5.65 Å². The first kappa shape index (κ1) is 12.4. The van der Waals surface area contributed by atoms with Crippen LogP contribution in [0.3, 0.4) is 0 Å². The third-order valence-electron chi connectivity index (χ3n) is 3.14. The van der Waals surface area contributed by atoms with E-state index < -0.39 is 0 Å². The number of pyridine rings is 1. The Morgan fingerprint density at radius 1 is 1.25 bits per heavy atom. The minimum absolute atomic E-state index is 0.0861. The van der Waals surface area contributed by atoms with E-state index in [1.54, 1.807) is 12.1 Å². The average molecular weight is 265 g/mol. The zero-order valence-corrected chi connectivity index (χ0v) is 11.2. The second-order valence-electron chi connectivity index (χ2n) is 4.73. The second kappa shape index (κ2) is 5.17. The Morgan fingerprint density at radius 3 is 2.85 bits per heavy atom. The molecular weight excluding hydrogens is 250 g/mol. The monoisotopic (exact) mass is 265 g/mol. The van der Waals surface area contributed by atoms with Crippen LogP contribution in [-0.4, -0.2) is 15.3 Å². The lowest BCUT2D eigenvalue weighted by molar-refractivity contribution is 0.0951. The van der Waals surface area contributed by atoms with Crippen LogP contribution < -0.4 is 5.32 Å². The van der Waals surface area contributed by atoms with Crippen molar-refractivity contribution >= 4 is 11.6 Å². The van der Waals surface area contributed by atoms with Crippen LogP contribution in [-0.2, 0) is 6.54 Å². The summed E-state index contributed by atoms with van der Waals surface area (Å²) in [6, 6.07) is 13.5. The van der Waals surface area contributed by atoms with Gasteiger partial charge in [-0.1, -0.05) is 30.3 Å². The SMILES string of the molecule is Cc1cn2ccc(C(=O)NCc3ccccc3)cc2n1.